The molecule has 0 bridgehead atoms. The summed E-state index contributed by atoms with van der Waals surface area (Å²) in [7, 11) is 0. The van der Waals surface area contributed by atoms with E-state index in [0.717, 1.165) is 17.5 Å². The fourth-order valence-electron chi connectivity index (χ4n) is 5.44. The quantitative estimate of drug-likeness (QED) is 0.555. The molecule has 2 N–H and O–H groups in total. The van der Waals surface area contributed by atoms with Gasteiger partial charge < -0.3 is 15.4 Å². The summed E-state index contributed by atoms with van der Waals surface area (Å²) >= 11 is 1.27. The monoisotopic (exact) mass is 526 g/mol. The molecule has 0 radical (unpaired) electrons. The molecule has 2 aliphatic heterocycles. The Kier molecular flexibility index (Phi) is 6.29. The van der Waals surface area contributed by atoms with Crippen LogP contribution in [0.25, 0.3) is 10.2 Å². The van der Waals surface area contributed by atoms with Crippen LogP contribution in [0.2, 0.25) is 0 Å². The number of nitrogens with zero attached hydrogens (tertiary/aromatic N) is 2. The average molecular weight is 527 g/mol. The zero-order valence-electron chi connectivity index (χ0n) is 21.8. The largest absolute Gasteiger partial charge is 0.444 e. The van der Waals surface area contributed by atoms with Crippen molar-refractivity contribution in [1.29, 1.82) is 0 Å². The second-order valence-electron chi connectivity index (χ2n) is 11.9. The number of amides is 3. The summed E-state index contributed by atoms with van der Waals surface area (Å²) in [5, 5.41) is 6.09. The van der Waals surface area contributed by atoms with Crippen LogP contribution in [0.5, 0.6) is 0 Å². The van der Waals surface area contributed by atoms with Gasteiger partial charge in [-0.05, 0) is 77.3 Å². The first kappa shape index (κ1) is 25.6. The van der Waals surface area contributed by atoms with E-state index in [4.69, 9.17) is 4.74 Å². The zero-order chi connectivity index (χ0) is 26.6. The van der Waals surface area contributed by atoms with Crippen molar-refractivity contribution in [3.8, 4) is 0 Å². The molecule has 3 atom stereocenters. The van der Waals surface area contributed by atoms with Crippen LogP contribution < -0.4 is 10.6 Å². The Morgan fingerprint density at radius 3 is 2.57 bits per heavy atom. The molecule has 2 aromatic rings. The van der Waals surface area contributed by atoms with Crippen molar-refractivity contribution in [3.05, 3.63) is 29.3 Å². The Hall–Kier alpha value is -3.01. The fraction of sp³-hybridized carbons (Fsp3) is 0.593. The molecule has 3 amide bonds. The number of ketones is 1. The van der Waals surface area contributed by atoms with E-state index in [0.29, 0.717) is 31.4 Å². The summed E-state index contributed by atoms with van der Waals surface area (Å²) in [4.78, 5) is 59.2. The fourth-order valence-corrected chi connectivity index (χ4v) is 6.47. The van der Waals surface area contributed by atoms with Crippen LogP contribution in [-0.2, 0) is 14.3 Å². The van der Waals surface area contributed by atoms with Gasteiger partial charge in [-0.25, -0.2) is 9.78 Å². The van der Waals surface area contributed by atoms with Crippen LogP contribution in [0.4, 0.5) is 4.79 Å². The molecule has 10 heteroatoms. The maximum Gasteiger partial charge on any atom is 0.410 e. The van der Waals surface area contributed by atoms with Crippen molar-refractivity contribution in [2.75, 3.05) is 13.1 Å². The van der Waals surface area contributed by atoms with Crippen LogP contribution in [0, 0.1) is 11.3 Å². The summed E-state index contributed by atoms with van der Waals surface area (Å²) in [5.74, 6) is -1.25. The number of hydrogen-bond acceptors (Lipinski definition) is 7. The van der Waals surface area contributed by atoms with Crippen LogP contribution >= 0.6 is 11.3 Å². The minimum Gasteiger partial charge on any atom is -0.444 e. The highest BCUT2D eigenvalue weighted by molar-refractivity contribution is 7.20. The molecular formula is C27H34N4O5S. The van der Waals surface area contributed by atoms with Gasteiger partial charge in [0.15, 0.2) is 5.01 Å². The Labute approximate surface area is 220 Å². The first-order chi connectivity index (χ1) is 17.4. The van der Waals surface area contributed by atoms with Gasteiger partial charge in [-0.15, -0.1) is 11.3 Å². The zero-order valence-corrected chi connectivity index (χ0v) is 22.6. The number of rotatable bonds is 6. The van der Waals surface area contributed by atoms with Crippen molar-refractivity contribution in [2.24, 2.45) is 11.3 Å². The molecule has 37 heavy (non-hydrogen) atoms. The first-order valence-electron chi connectivity index (χ1n) is 12.9. The van der Waals surface area contributed by atoms with Gasteiger partial charge in [0.05, 0.1) is 10.2 Å². The van der Waals surface area contributed by atoms with E-state index < -0.39 is 35.1 Å². The van der Waals surface area contributed by atoms with E-state index in [1.807, 2.05) is 24.3 Å². The maximum absolute atomic E-state index is 13.9. The van der Waals surface area contributed by atoms with E-state index >= 15 is 0 Å². The van der Waals surface area contributed by atoms with Crippen molar-refractivity contribution >= 4 is 45.2 Å². The van der Waals surface area contributed by atoms with Gasteiger partial charge in [-0.2, -0.15) is 0 Å². The number of thiazole rings is 1. The normalized spacial score (nSPS) is 24.1. The third-order valence-electron chi connectivity index (χ3n) is 7.60. The summed E-state index contributed by atoms with van der Waals surface area (Å²) in [6, 6.07) is 6.75. The Bertz CT molecular complexity index is 1230. The molecule has 3 fully saturated rings. The molecule has 3 heterocycles. The van der Waals surface area contributed by atoms with Crippen LogP contribution in [0.1, 0.15) is 69.6 Å². The molecule has 5 rings (SSSR count). The van der Waals surface area contributed by atoms with Crippen LogP contribution in [-0.4, -0.2) is 63.8 Å². The highest BCUT2D eigenvalue weighted by Gasteiger charge is 2.57. The number of benzene rings is 1. The smallest absolute Gasteiger partial charge is 0.410 e. The number of ether oxygens (including phenoxy) is 1. The number of hydrogen-bond donors (Lipinski definition) is 2. The Balaban J connectivity index is 1.42. The summed E-state index contributed by atoms with van der Waals surface area (Å²) in [6.45, 7) is 8.06. The third kappa shape index (κ3) is 5.21. The van der Waals surface area contributed by atoms with E-state index in [2.05, 4.69) is 15.6 Å². The van der Waals surface area contributed by atoms with Gasteiger partial charge in [0.1, 0.15) is 17.2 Å². The van der Waals surface area contributed by atoms with E-state index in [9.17, 15) is 19.2 Å². The number of fused-ring (bicyclic) bond motifs is 1. The molecule has 3 aliphatic rings. The highest BCUT2D eigenvalue weighted by atomic mass is 32.1. The predicted molar refractivity (Wildman–Crippen MR) is 139 cm³/mol. The SMILES string of the molecule is CC(C)(C)OC(=O)N1CC2(CC2)C[C@H]1C(=O)NC(C)(C[C@@H]1CCNC1=O)C(=O)c1nc2ccccc2s1. The Morgan fingerprint density at radius 2 is 1.95 bits per heavy atom. The molecule has 1 unspecified atom stereocenters. The lowest BCUT2D eigenvalue weighted by atomic mass is 9.84. The topological polar surface area (TPSA) is 118 Å². The van der Waals surface area contributed by atoms with Crippen LogP contribution in [0.3, 0.4) is 0 Å². The lowest BCUT2D eigenvalue weighted by Gasteiger charge is -2.33. The van der Waals surface area contributed by atoms with E-state index in [1.165, 1.54) is 16.2 Å². The van der Waals surface area contributed by atoms with Crippen molar-refractivity contribution in [1.82, 2.24) is 20.5 Å². The second kappa shape index (κ2) is 9.08. The first-order valence-corrected chi connectivity index (χ1v) is 13.7. The molecule has 1 aliphatic carbocycles. The summed E-state index contributed by atoms with van der Waals surface area (Å²) in [6.07, 6.45) is 2.68. The second-order valence-corrected chi connectivity index (χ2v) is 13.0. The van der Waals surface area contributed by atoms with Gasteiger partial charge in [0, 0.05) is 19.0 Å². The van der Waals surface area contributed by atoms with Gasteiger partial charge >= 0.3 is 6.09 Å². The molecule has 2 saturated heterocycles. The number of aromatic nitrogens is 1. The number of nitrogens with one attached hydrogen (secondary N) is 2. The molecule has 1 saturated carbocycles. The van der Waals surface area contributed by atoms with Crippen molar-refractivity contribution in [3.63, 3.8) is 0 Å². The summed E-state index contributed by atoms with van der Waals surface area (Å²) in [5.41, 5.74) is -1.40. The van der Waals surface area contributed by atoms with E-state index in [-0.39, 0.29) is 28.5 Å². The molecule has 9 nitrogen and oxygen atoms in total. The minimum atomic E-state index is -1.36. The average Bonchev–Trinajstić information content (AvgIpc) is 3.12. The summed E-state index contributed by atoms with van der Waals surface area (Å²) < 4.78 is 6.48. The maximum atomic E-state index is 13.9. The van der Waals surface area contributed by atoms with Crippen molar-refractivity contribution < 1.29 is 23.9 Å². The molecule has 1 spiro atoms. The van der Waals surface area contributed by atoms with Gasteiger partial charge in [0.25, 0.3) is 0 Å². The molecule has 1 aromatic carbocycles. The minimum absolute atomic E-state index is 0.0578. The van der Waals surface area contributed by atoms with E-state index in [1.54, 1.807) is 27.7 Å². The number of carbonyl (C=O) groups is 4. The standard InChI is InChI=1S/C27H34N4O5S/c1-25(2,3)36-24(35)31-15-27(10-11-27)14-18(31)22(34)30-26(4,13-16-9-12-28-21(16)33)20(32)23-29-17-7-5-6-8-19(17)37-23/h5-8,16,18H,9-15H2,1-4H3,(H,28,33)(H,30,34)/t16-,18-,26?/m0/s1. The Morgan fingerprint density at radius 1 is 1.22 bits per heavy atom. The molecule has 198 valence electrons. The number of carbonyl (C=O) groups excluding carboxylic acids is 4. The lowest BCUT2D eigenvalue weighted by molar-refractivity contribution is -0.128. The molecule has 1 aromatic heterocycles. The van der Waals surface area contributed by atoms with Gasteiger partial charge in [-0.1, -0.05) is 12.1 Å². The highest BCUT2D eigenvalue weighted by Crippen LogP contribution is 2.55. The molecular weight excluding hydrogens is 492 g/mol. The van der Waals surface area contributed by atoms with Crippen molar-refractivity contribution in [2.45, 2.75) is 77.0 Å². The van der Waals surface area contributed by atoms with Crippen LogP contribution in [0.15, 0.2) is 24.3 Å². The number of likely N-dealkylation sites (tertiary alicyclic amines) is 1. The number of Topliss-reactive ketones (excluding diaryl/α,β-unsaturated/α-hetero) is 1. The van der Waals surface area contributed by atoms with Gasteiger partial charge in [0.2, 0.25) is 17.6 Å². The third-order valence-corrected chi connectivity index (χ3v) is 8.64. The lowest BCUT2D eigenvalue weighted by Crippen LogP contribution is -2.58. The number of para-hydroxylation sites is 1. The predicted octanol–water partition coefficient (Wildman–Crippen LogP) is 3.67. The van der Waals surface area contributed by atoms with Gasteiger partial charge in [-0.3, -0.25) is 19.3 Å².